The van der Waals surface area contributed by atoms with Crippen LogP contribution in [0.5, 0.6) is 0 Å². The minimum Gasteiger partial charge on any atom is -0.460 e. The van der Waals surface area contributed by atoms with E-state index in [1.807, 2.05) is 42.5 Å². The molecule has 2 heterocycles. The first-order valence-corrected chi connectivity index (χ1v) is 17.6. The fourth-order valence-corrected chi connectivity index (χ4v) is 6.12. The Labute approximate surface area is 298 Å². The van der Waals surface area contributed by atoms with E-state index in [9.17, 15) is 24.0 Å². The number of alkyl halides is 1. The topological polar surface area (TPSA) is 184 Å². The van der Waals surface area contributed by atoms with Crippen LogP contribution in [0, 0.1) is 0 Å². The van der Waals surface area contributed by atoms with E-state index in [-0.39, 0.29) is 44.5 Å². The maximum Gasteiger partial charge on any atom is 0.408 e. The Kier molecular flexibility index (Phi) is 13.8. The molecule has 1 aliphatic heterocycles. The van der Waals surface area contributed by atoms with Crippen LogP contribution >= 0.6 is 15.9 Å². The summed E-state index contributed by atoms with van der Waals surface area (Å²) in [5, 5.41) is 18.8. The zero-order valence-electron chi connectivity index (χ0n) is 28.7. The molecule has 15 nitrogen and oxygen atoms in total. The van der Waals surface area contributed by atoms with Crippen LogP contribution in [-0.2, 0) is 53.1 Å². The zero-order chi connectivity index (χ0) is 36.3. The molecule has 3 aromatic rings. The zero-order valence-corrected chi connectivity index (χ0v) is 30.3. The van der Waals surface area contributed by atoms with Crippen molar-refractivity contribution in [3.63, 3.8) is 0 Å². The Morgan fingerprint density at radius 1 is 1.02 bits per heavy atom. The fraction of sp³-hybridized carbons (Fsp3) is 0.529. The van der Waals surface area contributed by atoms with E-state index in [0.717, 1.165) is 16.3 Å². The first kappa shape index (κ1) is 38.4. The van der Waals surface area contributed by atoms with Crippen molar-refractivity contribution in [1.29, 1.82) is 0 Å². The summed E-state index contributed by atoms with van der Waals surface area (Å²) in [6.45, 7) is 5.42. The average Bonchev–Trinajstić information content (AvgIpc) is 3.54. The number of aryl methyl sites for hydroxylation is 1. The molecule has 50 heavy (non-hydrogen) atoms. The van der Waals surface area contributed by atoms with E-state index in [4.69, 9.17) is 14.2 Å². The monoisotopic (exact) mass is 757 g/mol. The molecule has 0 unspecified atom stereocenters. The summed E-state index contributed by atoms with van der Waals surface area (Å²) in [4.78, 5) is 67.9. The lowest BCUT2D eigenvalue weighted by Crippen LogP contribution is -2.59. The lowest BCUT2D eigenvalue weighted by molar-refractivity contribution is -0.156. The number of aromatic nitrogens is 4. The third-order valence-corrected chi connectivity index (χ3v) is 8.61. The molecule has 3 amide bonds. The SMILES string of the molecule is COCn1nnnc1CC[C@H](NC(=O)OCc1cccc2ccccc12)C(=O)N1CCCC[C@H]1C(=O)N[C@@H](CC(=O)OC(C)(C)C)C(=O)CBr. The van der Waals surface area contributed by atoms with Gasteiger partial charge in [0.25, 0.3) is 0 Å². The maximum absolute atomic E-state index is 14.2. The quantitative estimate of drug-likeness (QED) is 0.171. The van der Waals surface area contributed by atoms with Gasteiger partial charge in [0, 0.05) is 20.1 Å². The van der Waals surface area contributed by atoms with Gasteiger partial charge in [-0.1, -0.05) is 58.4 Å². The highest BCUT2D eigenvalue weighted by Crippen LogP contribution is 2.22. The van der Waals surface area contributed by atoms with Gasteiger partial charge < -0.3 is 29.7 Å². The van der Waals surface area contributed by atoms with Crippen molar-refractivity contribution in [3.8, 4) is 0 Å². The normalized spacial score (nSPS) is 15.9. The van der Waals surface area contributed by atoms with Crippen molar-refractivity contribution in [1.82, 2.24) is 35.7 Å². The predicted molar refractivity (Wildman–Crippen MR) is 185 cm³/mol. The summed E-state index contributed by atoms with van der Waals surface area (Å²) in [5.41, 5.74) is 0.0206. The van der Waals surface area contributed by atoms with E-state index < -0.39 is 53.4 Å². The van der Waals surface area contributed by atoms with Crippen LogP contribution in [0.25, 0.3) is 10.8 Å². The maximum atomic E-state index is 14.2. The van der Waals surface area contributed by atoms with E-state index >= 15 is 0 Å². The van der Waals surface area contributed by atoms with Crippen molar-refractivity contribution in [2.75, 3.05) is 19.0 Å². The smallest absolute Gasteiger partial charge is 0.408 e. The van der Waals surface area contributed by atoms with Crippen LogP contribution in [0.2, 0.25) is 0 Å². The molecule has 270 valence electrons. The number of hydrogen-bond acceptors (Lipinski definition) is 11. The number of hydrogen-bond donors (Lipinski definition) is 2. The van der Waals surface area contributed by atoms with E-state index in [1.54, 1.807) is 20.8 Å². The molecule has 16 heteroatoms. The van der Waals surface area contributed by atoms with Crippen LogP contribution in [0.15, 0.2) is 42.5 Å². The summed E-state index contributed by atoms with van der Waals surface area (Å²) < 4.78 is 17.5. The summed E-state index contributed by atoms with van der Waals surface area (Å²) in [6, 6.07) is 10.2. The third kappa shape index (κ3) is 10.8. The number of carbonyl (C=O) groups is 5. The number of amides is 3. The Balaban J connectivity index is 1.51. The molecule has 2 N–H and O–H groups in total. The van der Waals surface area contributed by atoms with Gasteiger partial charge in [0.15, 0.2) is 11.6 Å². The number of nitrogens with zero attached hydrogens (tertiary/aromatic N) is 5. The molecule has 0 saturated carbocycles. The number of carbonyl (C=O) groups excluding carboxylic acids is 5. The lowest BCUT2D eigenvalue weighted by Gasteiger charge is -2.37. The Morgan fingerprint density at radius 3 is 2.52 bits per heavy atom. The van der Waals surface area contributed by atoms with Crippen LogP contribution in [0.1, 0.15) is 64.3 Å². The molecular weight excluding hydrogens is 714 g/mol. The van der Waals surface area contributed by atoms with Gasteiger partial charge in [0.05, 0.1) is 17.8 Å². The highest BCUT2D eigenvalue weighted by atomic mass is 79.9. The number of rotatable bonds is 15. The number of nitrogens with one attached hydrogen (secondary N) is 2. The van der Waals surface area contributed by atoms with Gasteiger partial charge >= 0.3 is 12.1 Å². The van der Waals surface area contributed by atoms with Gasteiger partial charge in [-0.25, -0.2) is 9.48 Å². The number of benzene rings is 2. The predicted octanol–water partition coefficient (Wildman–Crippen LogP) is 3.22. The van der Waals surface area contributed by atoms with E-state index in [2.05, 4.69) is 42.1 Å². The Hall–Kier alpha value is -4.44. The summed E-state index contributed by atoms with van der Waals surface area (Å²) in [6.07, 6.45) is 0.703. The molecule has 4 rings (SSSR count). The van der Waals surface area contributed by atoms with E-state index in [1.165, 1.54) is 16.7 Å². The van der Waals surface area contributed by atoms with Crippen molar-refractivity contribution < 1.29 is 38.2 Å². The molecule has 0 aliphatic carbocycles. The number of likely N-dealkylation sites (tertiary alicyclic amines) is 1. The van der Waals surface area contributed by atoms with Crippen molar-refractivity contribution in [2.45, 2.75) is 96.4 Å². The number of ketones is 1. The van der Waals surface area contributed by atoms with E-state index in [0.29, 0.717) is 25.1 Å². The standard InChI is InChI=1S/C34H44BrN7O8/c1-34(2,3)50-30(44)18-26(28(43)19-35)36-31(45)27-14-7-8-17-41(27)32(46)25(15-16-29-38-39-40-42(29)21-48-4)37-33(47)49-20-23-12-9-11-22-10-5-6-13-24(22)23/h5-6,9-13,25-27H,7-8,14-21H2,1-4H3,(H,36,45)(H,37,47)/t25-,26-,27-/m0/s1. The number of halogens is 1. The van der Waals surface area contributed by atoms with Gasteiger partial charge in [-0.3, -0.25) is 19.2 Å². The molecule has 1 aliphatic rings. The molecule has 1 aromatic heterocycles. The number of ether oxygens (including phenoxy) is 3. The van der Waals surface area contributed by atoms with Gasteiger partial charge in [0.1, 0.15) is 31.0 Å². The first-order chi connectivity index (χ1) is 23.9. The number of esters is 1. The molecular formula is C34H44BrN7O8. The van der Waals surface area contributed by atoms with Crippen molar-refractivity contribution in [3.05, 3.63) is 53.9 Å². The minimum atomic E-state index is -1.16. The van der Waals surface area contributed by atoms with Crippen LogP contribution in [-0.4, -0.2) is 97.5 Å². The second-order valence-corrected chi connectivity index (χ2v) is 13.5. The first-order valence-electron chi connectivity index (χ1n) is 16.5. The number of Topliss-reactive ketones (excluding diaryl/α,β-unsaturated/α-hetero) is 1. The third-order valence-electron chi connectivity index (χ3n) is 8.06. The number of piperidine rings is 1. The second kappa shape index (κ2) is 18.0. The molecule has 1 saturated heterocycles. The second-order valence-electron chi connectivity index (χ2n) is 13.0. The Bertz CT molecular complexity index is 1650. The van der Waals surface area contributed by atoms with Crippen LogP contribution in [0.3, 0.4) is 0 Å². The fourth-order valence-electron chi connectivity index (χ4n) is 5.73. The highest BCUT2D eigenvalue weighted by Gasteiger charge is 2.38. The molecule has 0 spiro atoms. The number of methoxy groups -OCH3 is 1. The van der Waals surface area contributed by atoms with Crippen molar-refractivity contribution in [2.24, 2.45) is 0 Å². The van der Waals surface area contributed by atoms with Gasteiger partial charge in [0.2, 0.25) is 11.8 Å². The number of tetrazole rings is 1. The van der Waals surface area contributed by atoms with Crippen LogP contribution in [0.4, 0.5) is 4.79 Å². The summed E-state index contributed by atoms with van der Waals surface area (Å²) in [7, 11) is 1.50. The lowest BCUT2D eigenvalue weighted by atomic mass is 9.98. The molecule has 2 aromatic carbocycles. The molecule has 0 radical (unpaired) electrons. The average molecular weight is 759 g/mol. The molecule has 1 fully saturated rings. The molecule has 0 bridgehead atoms. The largest absolute Gasteiger partial charge is 0.460 e. The van der Waals surface area contributed by atoms with Gasteiger partial charge in [-0.05, 0) is 73.2 Å². The van der Waals surface area contributed by atoms with Crippen molar-refractivity contribution >= 4 is 56.4 Å². The summed E-state index contributed by atoms with van der Waals surface area (Å²) in [5.74, 6) is -1.71. The van der Waals surface area contributed by atoms with Gasteiger partial charge in [-0.15, -0.1) is 5.10 Å². The molecule has 3 atom stereocenters. The highest BCUT2D eigenvalue weighted by molar-refractivity contribution is 9.09. The number of alkyl carbamates (subject to hydrolysis) is 1. The van der Waals surface area contributed by atoms with Gasteiger partial charge in [-0.2, -0.15) is 0 Å². The minimum absolute atomic E-state index is 0.0322. The summed E-state index contributed by atoms with van der Waals surface area (Å²) >= 11 is 3.12. The van der Waals surface area contributed by atoms with Crippen LogP contribution < -0.4 is 10.6 Å². The Morgan fingerprint density at radius 2 is 1.78 bits per heavy atom. The number of fused-ring (bicyclic) bond motifs is 1.